The van der Waals surface area contributed by atoms with Gasteiger partial charge in [0.15, 0.2) is 17.5 Å². The van der Waals surface area contributed by atoms with E-state index in [0.717, 1.165) is 17.3 Å². The second-order valence-corrected chi connectivity index (χ2v) is 8.19. The van der Waals surface area contributed by atoms with Crippen molar-refractivity contribution in [1.29, 1.82) is 0 Å². The molecule has 0 aliphatic rings. The Balaban J connectivity index is 1.43. The molecule has 0 fully saturated rings. The third kappa shape index (κ3) is 5.67. The summed E-state index contributed by atoms with van der Waals surface area (Å²) in [4.78, 5) is 25.9. The molecular formula is C22H22BrFN8O. The second-order valence-electron chi connectivity index (χ2n) is 7.28. The third-order valence-corrected chi connectivity index (χ3v) is 5.25. The summed E-state index contributed by atoms with van der Waals surface area (Å²) >= 11 is 3.34. The third-order valence-electron chi connectivity index (χ3n) is 4.84. The predicted molar refractivity (Wildman–Crippen MR) is 123 cm³/mol. The van der Waals surface area contributed by atoms with E-state index >= 15 is 0 Å². The number of aryl methyl sites for hydroxylation is 2. The Hall–Kier alpha value is -3.47. The van der Waals surface area contributed by atoms with Crippen molar-refractivity contribution >= 4 is 21.8 Å². The Kier molecular flexibility index (Phi) is 7.18. The standard InChI is InChI=1S/C22H22BrFN8O/c1-2-19-29-21(20-26-11-16(23)12-27-20)32(30-19)18-7-5-6-15(10-18)22(33)25-8-3-4-9-31-14-17(24)13-28-31/h5-7,10-14H,2-4,8-9H2,1H3,(H,25,33). The number of hydrogen-bond acceptors (Lipinski definition) is 6. The van der Waals surface area contributed by atoms with Crippen LogP contribution in [0.5, 0.6) is 0 Å². The predicted octanol–water partition coefficient (Wildman–Crippen LogP) is 3.60. The molecule has 3 heterocycles. The molecule has 0 aliphatic heterocycles. The van der Waals surface area contributed by atoms with Crippen molar-refractivity contribution in [2.45, 2.75) is 32.7 Å². The Labute approximate surface area is 198 Å². The van der Waals surface area contributed by atoms with E-state index in [1.165, 1.54) is 12.4 Å². The molecule has 0 spiro atoms. The molecule has 0 saturated heterocycles. The SMILES string of the molecule is CCc1nc(-c2ncc(Br)cn2)n(-c2cccc(C(=O)NCCCCn3cc(F)cn3)c2)n1. The quantitative estimate of drug-likeness (QED) is 0.343. The zero-order chi connectivity index (χ0) is 23.2. The lowest BCUT2D eigenvalue weighted by Gasteiger charge is -2.09. The lowest BCUT2D eigenvalue weighted by atomic mass is 10.2. The van der Waals surface area contributed by atoms with Crippen LogP contribution in [0.4, 0.5) is 4.39 Å². The first kappa shape index (κ1) is 22.7. The van der Waals surface area contributed by atoms with Gasteiger partial charge in [-0.15, -0.1) is 0 Å². The molecule has 11 heteroatoms. The number of benzene rings is 1. The van der Waals surface area contributed by atoms with Crippen LogP contribution >= 0.6 is 15.9 Å². The van der Waals surface area contributed by atoms with E-state index in [4.69, 9.17) is 0 Å². The minimum Gasteiger partial charge on any atom is -0.352 e. The van der Waals surface area contributed by atoms with Gasteiger partial charge in [-0.3, -0.25) is 9.48 Å². The van der Waals surface area contributed by atoms with Gasteiger partial charge in [0, 0.05) is 37.5 Å². The molecule has 1 N–H and O–H groups in total. The molecule has 0 aliphatic carbocycles. The zero-order valence-electron chi connectivity index (χ0n) is 17.9. The van der Waals surface area contributed by atoms with E-state index in [1.807, 2.05) is 13.0 Å². The number of unbranched alkanes of at least 4 members (excludes halogenated alkanes) is 1. The monoisotopic (exact) mass is 512 g/mol. The highest BCUT2D eigenvalue weighted by Gasteiger charge is 2.16. The van der Waals surface area contributed by atoms with Crippen LogP contribution in [-0.4, -0.2) is 47.0 Å². The van der Waals surface area contributed by atoms with Crippen molar-refractivity contribution in [3.8, 4) is 17.3 Å². The maximum Gasteiger partial charge on any atom is 0.251 e. The molecule has 1 aromatic carbocycles. The number of carbonyl (C=O) groups excluding carboxylic acids is 1. The van der Waals surface area contributed by atoms with Crippen molar-refractivity contribution < 1.29 is 9.18 Å². The molecule has 0 bridgehead atoms. The molecule has 1 amide bonds. The Morgan fingerprint density at radius 3 is 2.73 bits per heavy atom. The zero-order valence-corrected chi connectivity index (χ0v) is 19.5. The summed E-state index contributed by atoms with van der Waals surface area (Å²) in [5.41, 5.74) is 1.20. The number of rotatable bonds is 9. The molecule has 4 rings (SSSR count). The minimum atomic E-state index is -0.350. The molecule has 3 aromatic heterocycles. The van der Waals surface area contributed by atoms with Crippen LogP contribution in [0.1, 0.15) is 35.9 Å². The highest BCUT2D eigenvalue weighted by Crippen LogP contribution is 2.20. The van der Waals surface area contributed by atoms with Gasteiger partial charge in [0.25, 0.3) is 5.91 Å². The Morgan fingerprint density at radius 1 is 1.18 bits per heavy atom. The number of halogens is 2. The fourth-order valence-electron chi connectivity index (χ4n) is 3.20. The number of amides is 1. The van der Waals surface area contributed by atoms with Gasteiger partial charge in [0.1, 0.15) is 0 Å². The molecule has 0 unspecified atom stereocenters. The van der Waals surface area contributed by atoms with Crippen LogP contribution in [0, 0.1) is 5.82 Å². The largest absolute Gasteiger partial charge is 0.352 e. The van der Waals surface area contributed by atoms with Crippen LogP contribution in [0.2, 0.25) is 0 Å². The number of hydrogen-bond donors (Lipinski definition) is 1. The number of carbonyl (C=O) groups is 1. The lowest BCUT2D eigenvalue weighted by Crippen LogP contribution is -2.24. The van der Waals surface area contributed by atoms with Gasteiger partial charge in [0.2, 0.25) is 5.82 Å². The number of aromatic nitrogens is 7. The van der Waals surface area contributed by atoms with Gasteiger partial charge in [-0.25, -0.2) is 24.0 Å². The second kappa shape index (κ2) is 10.4. The van der Waals surface area contributed by atoms with Crippen molar-refractivity contribution in [3.05, 3.63) is 70.7 Å². The molecule has 170 valence electrons. The van der Waals surface area contributed by atoms with Gasteiger partial charge < -0.3 is 5.32 Å². The molecule has 4 aromatic rings. The number of nitrogens with zero attached hydrogens (tertiary/aromatic N) is 7. The van der Waals surface area contributed by atoms with Crippen molar-refractivity contribution in [2.24, 2.45) is 0 Å². The van der Waals surface area contributed by atoms with Gasteiger partial charge in [-0.05, 0) is 47.0 Å². The first-order valence-electron chi connectivity index (χ1n) is 10.5. The molecule has 0 radical (unpaired) electrons. The summed E-state index contributed by atoms with van der Waals surface area (Å²) in [6.07, 6.45) is 8.02. The smallest absolute Gasteiger partial charge is 0.251 e. The van der Waals surface area contributed by atoms with Gasteiger partial charge in [-0.2, -0.15) is 10.2 Å². The first-order valence-corrected chi connectivity index (χ1v) is 11.3. The van der Waals surface area contributed by atoms with E-state index in [1.54, 1.807) is 40.0 Å². The summed E-state index contributed by atoms with van der Waals surface area (Å²) in [5.74, 6) is 1.07. The van der Waals surface area contributed by atoms with Gasteiger partial charge in [-0.1, -0.05) is 13.0 Å². The Bertz CT molecular complexity index is 1240. The highest BCUT2D eigenvalue weighted by molar-refractivity contribution is 9.10. The summed E-state index contributed by atoms with van der Waals surface area (Å²) < 4.78 is 16.9. The summed E-state index contributed by atoms with van der Waals surface area (Å²) in [6.45, 7) is 3.08. The summed E-state index contributed by atoms with van der Waals surface area (Å²) in [7, 11) is 0. The van der Waals surface area contributed by atoms with Crippen molar-refractivity contribution in [1.82, 2.24) is 39.8 Å². The lowest BCUT2D eigenvalue weighted by molar-refractivity contribution is 0.0953. The molecule has 33 heavy (non-hydrogen) atoms. The maximum atomic E-state index is 13.0. The minimum absolute atomic E-state index is 0.181. The van der Waals surface area contributed by atoms with Crippen LogP contribution in [0.3, 0.4) is 0 Å². The van der Waals surface area contributed by atoms with E-state index in [0.29, 0.717) is 48.2 Å². The fraction of sp³-hybridized carbons (Fsp3) is 0.273. The highest BCUT2D eigenvalue weighted by atomic mass is 79.9. The summed E-state index contributed by atoms with van der Waals surface area (Å²) in [5, 5.41) is 11.4. The molecule has 0 atom stereocenters. The first-order chi connectivity index (χ1) is 16.0. The molecular weight excluding hydrogens is 491 g/mol. The normalized spacial score (nSPS) is 11.0. The number of nitrogens with one attached hydrogen (secondary N) is 1. The van der Waals surface area contributed by atoms with Gasteiger partial charge >= 0.3 is 0 Å². The van der Waals surface area contributed by atoms with E-state index in [9.17, 15) is 9.18 Å². The van der Waals surface area contributed by atoms with E-state index < -0.39 is 0 Å². The van der Waals surface area contributed by atoms with Crippen LogP contribution < -0.4 is 5.32 Å². The van der Waals surface area contributed by atoms with E-state index in [2.05, 4.69) is 46.4 Å². The Morgan fingerprint density at radius 2 is 2.00 bits per heavy atom. The van der Waals surface area contributed by atoms with Gasteiger partial charge in [0.05, 0.1) is 22.6 Å². The van der Waals surface area contributed by atoms with Crippen molar-refractivity contribution in [2.75, 3.05) is 6.54 Å². The van der Waals surface area contributed by atoms with Crippen LogP contribution in [-0.2, 0) is 13.0 Å². The maximum absolute atomic E-state index is 13.0. The van der Waals surface area contributed by atoms with Crippen LogP contribution in [0.15, 0.2) is 53.5 Å². The van der Waals surface area contributed by atoms with Crippen molar-refractivity contribution in [3.63, 3.8) is 0 Å². The topological polar surface area (TPSA) is 103 Å². The van der Waals surface area contributed by atoms with Crippen LogP contribution in [0.25, 0.3) is 17.3 Å². The average Bonchev–Trinajstić information content (AvgIpc) is 3.45. The van der Waals surface area contributed by atoms with E-state index in [-0.39, 0.29) is 11.7 Å². The molecule has 0 saturated carbocycles. The molecule has 9 nitrogen and oxygen atoms in total. The fourth-order valence-corrected chi connectivity index (χ4v) is 3.40. The summed E-state index contributed by atoms with van der Waals surface area (Å²) in [6, 6.07) is 7.17. The average molecular weight is 513 g/mol.